The molecule has 0 atom stereocenters. The smallest absolute Gasteiger partial charge is 0.410 e. The van der Waals surface area contributed by atoms with Gasteiger partial charge in [-0.2, -0.15) is 12.6 Å². The SMILES string of the molecule is CC(C)(C)OC(=O)N1Cc2cnc(CS)nc2C1. The lowest BCUT2D eigenvalue weighted by atomic mass is 10.2. The third-order valence-corrected chi connectivity index (χ3v) is 2.78. The van der Waals surface area contributed by atoms with Gasteiger partial charge >= 0.3 is 6.09 Å². The summed E-state index contributed by atoms with van der Waals surface area (Å²) in [6.07, 6.45) is 1.45. The fraction of sp³-hybridized carbons (Fsp3) is 0.583. The van der Waals surface area contributed by atoms with Crippen molar-refractivity contribution in [2.24, 2.45) is 0 Å². The molecule has 1 aromatic rings. The minimum atomic E-state index is -0.478. The summed E-state index contributed by atoms with van der Waals surface area (Å²) in [5.41, 5.74) is 1.39. The number of rotatable bonds is 1. The molecule has 0 aliphatic carbocycles. The van der Waals surface area contributed by atoms with E-state index in [9.17, 15) is 4.79 Å². The highest BCUT2D eigenvalue weighted by atomic mass is 32.1. The van der Waals surface area contributed by atoms with Crippen molar-refractivity contribution in [1.29, 1.82) is 0 Å². The molecule has 1 aromatic heterocycles. The molecule has 0 N–H and O–H groups in total. The van der Waals surface area contributed by atoms with Gasteiger partial charge in [0.2, 0.25) is 0 Å². The van der Waals surface area contributed by atoms with Crippen LogP contribution in [0.1, 0.15) is 37.9 Å². The van der Waals surface area contributed by atoms with Crippen LogP contribution >= 0.6 is 12.6 Å². The van der Waals surface area contributed by atoms with Gasteiger partial charge in [-0.25, -0.2) is 14.8 Å². The Labute approximate surface area is 112 Å². The number of aromatic nitrogens is 2. The van der Waals surface area contributed by atoms with Crippen molar-refractivity contribution in [1.82, 2.24) is 14.9 Å². The van der Waals surface area contributed by atoms with Crippen LogP contribution in [0.2, 0.25) is 0 Å². The third-order valence-electron chi connectivity index (χ3n) is 2.50. The first-order valence-electron chi connectivity index (χ1n) is 5.81. The van der Waals surface area contributed by atoms with E-state index in [1.54, 1.807) is 11.1 Å². The second kappa shape index (κ2) is 4.76. The Morgan fingerprint density at radius 3 is 2.83 bits per heavy atom. The normalized spacial score (nSPS) is 14.6. The first-order chi connectivity index (χ1) is 8.39. The summed E-state index contributed by atoms with van der Waals surface area (Å²) in [6, 6.07) is 0. The Hall–Kier alpha value is -1.30. The summed E-state index contributed by atoms with van der Waals surface area (Å²) in [7, 11) is 0. The molecule has 0 bridgehead atoms. The van der Waals surface area contributed by atoms with Gasteiger partial charge in [-0.3, -0.25) is 4.90 Å². The van der Waals surface area contributed by atoms with Gasteiger partial charge in [0.1, 0.15) is 11.4 Å². The largest absolute Gasteiger partial charge is 0.444 e. The topological polar surface area (TPSA) is 55.3 Å². The fourth-order valence-electron chi connectivity index (χ4n) is 1.73. The van der Waals surface area contributed by atoms with Crippen molar-refractivity contribution < 1.29 is 9.53 Å². The summed E-state index contributed by atoms with van der Waals surface area (Å²) in [5, 5.41) is 0. The molecule has 0 saturated heterocycles. The van der Waals surface area contributed by atoms with Gasteiger partial charge in [0.25, 0.3) is 0 Å². The van der Waals surface area contributed by atoms with Gasteiger partial charge in [-0.05, 0) is 20.8 Å². The van der Waals surface area contributed by atoms with Crippen molar-refractivity contribution in [3.63, 3.8) is 0 Å². The van der Waals surface area contributed by atoms with Crippen molar-refractivity contribution in [3.05, 3.63) is 23.3 Å². The maximum absolute atomic E-state index is 11.9. The van der Waals surface area contributed by atoms with E-state index in [1.165, 1.54) is 0 Å². The van der Waals surface area contributed by atoms with Crippen LogP contribution in [0.4, 0.5) is 4.79 Å². The monoisotopic (exact) mass is 267 g/mol. The molecule has 0 aromatic carbocycles. The molecule has 2 rings (SSSR count). The first-order valence-corrected chi connectivity index (χ1v) is 6.45. The number of amides is 1. The quantitative estimate of drug-likeness (QED) is 0.792. The van der Waals surface area contributed by atoms with E-state index in [0.717, 1.165) is 11.3 Å². The molecular weight excluding hydrogens is 250 g/mol. The average molecular weight is 267 g/mol. The molecule has 6 heteroatoms. The Morgan fingerprint density at radius 1 is 1.50 bits per heavy atom. The minimum Gasteiger partial charge on any atom is -0.444 e. The van der Waals surface area contributed by atoms with E-state index in [4.69, 9.17) is 4.74 Å². The molecule has 2 heterocycles. The molecule has 1 aliphatic rings. The van der Waals surface area contributed by atoms with E-state index in [2.05, 4.69) is 22.6 Å². The van der Waals surface area contributed by atoms with Crippen molar-refractivity contribution >= 4 is 18.7 Å². The molecule has 0 saturated carbocycles. The van der Waals surface area contributed by atoms with Crippen LogP contribution < -0.4 is 0 Å². The van der Waals surface area contributed by atoms with E-state index in [-0.39, 0.29) is 6.09 Å². The average Bonchev–Trinajstić information content (AvgIpc) is 2.69. The predicted octanol–water partition coefficient (Wildman–Crippen LogP) is 2.16. The minimum absolute atomic E-state index is 0.312. The number of fused-ring (bicyclic) bond motifs is 1. The van der Waals surface area contributed by atoms with E-state index >= 15 is 0 Å². The van der Waals surface area contributed by atoms with Gasteiger partial charge in [0.05, 0.1) is 24.5 Å². The van der Waals surface area contributed by atoms with Crippen LogP contribution in [0.25, 0.3) is 0 Å². The zero-order valence-corrected chi connectivity index (χ0v) is 11.7. The van der Waals surface area contributed by atoms with Gasteiger partial charge in [-0.15, -0.1) is 0 Å². The second-order valence-electron chi connectivity index (χ2n) is 5.25. The number of carbonyl (C=O) groups excluding carboxylic acids is 1. The third kappa shape index (κ3) is 2.93. The van der Waals surface area contributed by atoms with Crippen molar-refractivity contribution in [2.45, 2.75) is 45.2 Å². The number of thiol groups is 1. The van der Waals surface area contributed by atoms with Crippen molar-refractivity contribution in [3.8, 4) is 0 Å². The Kier molecular flexibility index (Phi) is 3.47. The molecule has 98 valence electrons. The fourth-order valence-corrected chi connectivity index (χ4v) is 1.88. The lowest BCUT2D eigenvalue weighted by molar-refractivity contribution is 0.0240. The summed E-state index contributed by atoms with van der Waals surface area (Å²) in [5.74, 6) is 1.18. The van der Waals surface area contributed by atoms with Crippen LogP contribution in [0, 0.1) is 0 Å². The van der Waals surface area contributed by atoms with Crippen LogP contribution in [0.5, 0.6) is 0 Å². The Morgan fingerprint density at radius 2 is 2.22 bits per heavy atom. The maximum Gasteiger partial charge on any atom is 0.410 e. The van der Waals surface area contributed by atoms with Crippen molar-refractivity contribution in [2.75, 3.05) is 0 Å². The Balaban J connectivity index is 2.08. The summed E-state index contributed by atoms with van der Waals surface area (Å²) in [4.78, 5) is 22.1. The highest BCUT2D eigenvalue weighted by Crippen LogP contribution is 2.22. The number of nitrogens with zero attached hydrogens (tertiary/aromatic N) is 3. The van der Waals surface area contributed by atoms with E-state index in [0.29, 0.717) is 24.7 Å². The number of hydrogen-bond donors (Lipinski definition) is 1. The van der Waals surface area contributed by atoms with Gasteiger partial charge in [0.15, 0.2) is 0 Å². The molecule has 1 amide bonds. The molecular formula is C12H17N3O2S. The molecule has 1 aliphatic heterocycles. The number of ether oxygens (including phenoxy) is 1. The van der Waals surface area contributed by atoms with Gasteiger partial charge in [-0.1, -0.05) is 0 Å². The summed E-state index contributed by atoms with van der Waals surface area (Å²) >= 11 is 4.14. The van der Waals surface area contributed by atoms with Crippen LogP contribution in [-0.2, 0) is 23.6 Å². The standard InChI is InChI=1S/C12H17N3O2S/c1-12(2,3)17-11(16)15-5-8-4-13-10(7-18)14-9(8)6-15/h4,18H,5-7H2,1-3H3. The van der Waals surface area contributed by atoms with E-state index in [1.807, 2.05) is 20.8 Å². The first kappa shape index (κ1) is 13.1. The predicted molar refractivity (Wildman–Crippen MR) is 70.2 cm³/mol. The Bertz CT molecular complexity index is 471. The molecule has 5 nitrogen and oxygen atoms in total. The van der Waals surface area contributed by atoms with E-state index < -0.39 is 5.60 Å². The number of carbonyl (C=O) groups is 1. The number of hydrogen-bond acceptors (Lipinski definition) is 5. The molecule has 0 fully saturated rings. The summed E-state index contributed by atoms with van der Waals surface area (Å²) in [6.45, 7) is 6.55. The molecule has 0 spiro atoms. The molecule has 0 unspecified atom stereocenters. The second-order valence-corrected chi connectivity index (χ2v) is 5.57. The highest BCUT2D eigenvalue weighted by molar-refractivity contribution is 7.79. The van der Waals surface area contributed by atoms with Crippen LogP contribution in [0.15, 0.2) is 6.20 Å². The lowest BCUT2D eigenvalue weighted by Crippen LogP contribution is -2.33. The zero-order valence-electron chi connectivity index (χ0n) is 10.8. The summed E-state index contributed by atoms with van der Waals surface area (Å²) < 4.78 is 5.33. The van der Waals surface area contributed by atoms with Gasteiger partial charge < -0.3 is 4.74 Å². The van der Waals surface area contributed by atoms with Crippen LogP contribution in [-0.4, -0.2) is 26.6 Å². The van der Waals surface area contributed by atoms with Crippen LogP contribution in [0.3, 0.4) is 0 Å². The lowest BCUT2D eigenvalue weighted by Gasteiger charge is -2.23. The van der Waals surface area contributed by atoms with Gasteiger partial charge in [0, 0.05) is 11.8 Å². The zero-order chi connectivity index (χ0) is 13.3. The highest BCUT2D eigenvalue weighted by Gasteiger charge is 2.28. The molecule has 0 radical (unpaired) electrons. The maximum atomic E-state index is 11.9. The molecule has 18 heavy (non-hydrogen) atoms.